The van der Waals surface area contributed by atoms with Crippen molar-refractivity contribution in [2.45, 2.75) is 20.0 Å². The molecule has 0 spiro atoms. The molecule has 0 unspecified atom stereocenters. The van der Waals surface area contributed by atoms with Crippen LogP contribution in [-0.4, -0.2) is 5.78 Å². The Morgan fingerprint density at radius 2 is 1.80 bits per heavy atom. The van der Waals surface area contributed by atoms with Gasteiger partial charge in [-0.15, -0.1) is 0 Å². The molecule has 0 heterocycles. The summed E-state index contributed by atoms with van der Waals surface area (Å²) in [6.45, 7) is 1.48. The maximum atomic E-state index is 13.4. The van der Waals surface area contributed by atoms with Crippen LogP contribution in [0.1, 0.15) is 18.1 Å². The van der Waals surface area contributed by atoms with Crippen molar-refractivity contribution in [3.05, 3.63) is 65.2 Å². The Labute approximate surface area is 116 Å². The van der Waals surface area contributed by atoms with Crippen LogP contribution in [-0.2, 0) is 17.8 Å². The fourth-order valence-electron chi connectivity index (χ4n) is 1.81. The predicted molar refractivity (Wildman–Crippen MR) is 71.5 cm³/mol. The minimum atomic E-state index is -0.888. The van der Waals surface area contributed by atoms with E-state index in [0.29, 0.717) is 12.2 Å². The van der Waals surface area contributed by atoms with Crippen LogP contribution in [0.4, 0.5) is 8.78 Å². The number of hydrogen-bond acceptors (Lipinski definition) is 2. The maximum absolute atomic E-state index is 13.4. The van der Waals surface area contributed by atoms with Gasteiger partial charge < -0.3 is 4.74 Å². The van der Waals surface area contributed by atoms with Gasteiger partial charge in [0.1, 0.15) is 18.1 Å². The predicted octanol–water partition coefficient (Wildman–Crippen LogP) is 3.68. The second-order valence-electron chi connectivity index (χ2n) is 4.52. The van der Waals surface area contributed by atoms with Crippen LogP contribution in [0.25, 0.3) is 0 Å². The highest BCUT2D eigenvalue weighted by Gasteiger charge is 2.08. The Balaban J connectivity index is 2.00. The first-order valence-corrected chi connectivity index (χ1v) is 6.20. The molecule has 20 heavy (non-hydrogen) atoms. The molecule has 2 aromatic rings. The lowest BCUT2D eigenvalue weighted by atomic mass is 10.1. The van der Waals surface area contributed by atoms with Gasteiger partial charge in [0.15, 0.2) is 11.6 Å². The zero-order valence-corrected chi connectivity index (χ0v) is 11.0. The average Bonchev–Trinajstić information content (AvgIpc) is 2.41. The molecule has 0 radical (unpaired) electrons. The van der Waals surface area contributed by atoms with Gasteiger partial charge in [-0.3, -0.25) is 4.79 Å². The molecule has 0 aromatic heterocycles. The Morgan fingerprint density at radius 3 is 2.45 bits per heavy atom. The summed E-state index contributed by atoms with van der Waals surface area (Å²) in [6, 6.07) is 10.9. The summed E-state index contributed by atoms with van der Waals surface area (Å²) in [5.41, 5.74) is 1.06. The molecule has 4 heteroatoms. The van der Waals surface area contributed by atoms with E-state index in [1.54, 1.807) is 24.3 Å². The Hall–Kier alpha value is -2.23. The third-order valence-electron chi connectivity index (χ3n) is 2.80. The first-order valence-electron chi connectivity index (χ1n) is 6.20. The van der Waals surface area contributed by atoms with Crippen molar-refractivity contribution in [3.63, 3.8) is 0 Å². The van der Waals surface area contributed by atoms with Crippen molar-refractivity contribution >= 4 is 5.78 Å². The number of ketones is 1. The smallest absolute Gasteiger partial charge is 0.165 e. The molecule has 104 valence electrons. The molecule has 0 aliphatic rings. The number of carbonyl (C=O) groups excluding carboxylic acids is 1. The van der Waals surface area contributed by atoms with E-state index < -0.39 is 11.6 Å². The van der Waals surface area contributed by atoms with Crippen LogP contribution in [0.2, 0.25) is 0 Å². The highest BCUT2D eigenvalue weighted by molar-refractivity contribution is 5.78. The second-order valence-corrected chi connectivity index (χ2v) is 4.52. The summed E-state index contributed by atoms with van der Waals surface area (Å²) < 4.78 is 31.8. The number of rotatable bonds is 5. The van der Waals surface area contributed by atoms with E-state index in [1.165, 1.54) is 19.1 Å². The summed E-state index contributed by atoms with van der Waals surface area (Å²) in [7, 11) is 0. The van der Waals surface area contributed by atoms with E-state index in [4.69, 9.17) is 4.74 Å². The number of Topliss-reactive ketones (excluding diaryl/α,β-unsaturated/α-hetero) is 1. The topological polar surface area (TPSA) is 26.3 Å². The second kappa shape index (κ2) is 6.28. The van der Waals surface area contributed by atoms with Crippen LogP contribution in [0.15, 0.2) is 42.5 Å². The molecule has 2 nitrogen and oxygen atoms in total. The van der Waals surface area contributed by atoms with Gasteiger partial charge in [-0.2, -0.15) is 0 Å². The summed E-state index contributed by atoms with van der Waals surface area (Å²) in [4.78, 5) is 11.0. The van der Waals surface area contributed by atoms with Crippen molar-refractivity contribution in [1.82, 2.24) is 0 Å². The minimum absolute atomic E-state index is 0.0460. The third kappa shape index (κ3) is 3.63. The third-order valence-corrected chi connectivity index (χ3v) is 2.80. The van der Waals surface area contributed by atoms with Gasteiger partial charge in [-0.05, 0) is 30.7 Å². The highest BCUT2D eigenvalue weighted by Crippen LogP contribution is 2.17. The summed E-state index contributed by atoms with van der Waals surface area (Å²) >= 11 is 0. The number of carbonyl (C=O) groups is 1. The zero-order chi connectivity index (χ0) is 14.5. The van der Waals surface area contributed by atoms with Crippen LogP contribution >= 0.6 is 0 Å². The molecule has 0 saturated heterocycles. The van der Waals surface area contributed by atoms with E-state index in [1.807, 2.05) is 0 Å². The molecule has 2 rings (SSSR count). The molecule has 0 amide bonds. The zero-order valence-electron chi connectivity index (χ0n) is 11.0. The van der Waals surface area contributed by atoms with E-state index in [2.05, 4.69) is 0 Å². The Kier molecular flexibility index (Phi) is 4.45. The van der Waals surface area contributed by atoms with Crippen molar-refractivity contribution in [1.29, 1.82) is 0 Å². The first kappa shape index (κ1) is 14.2. The standard InChI is InChI=1S/C16H14F2O2/c1-11(19)9-12-5-7-14(8-6-12)20-10-13-3-2-4-15(17)16(13)18/h2-8H,9-10H2,1H3. The van der Waals surface area contributed by atoms with Crippen LogP contribution in [0, 0.1) is 11.6 Å². The molecular formula is C16H14F2O2. The number of benzene rings is 2. The quantitative estimate of drug-likeness (QED) is 0.832. The number of hydrogen-bond donors (Lipinski definition) is 0. The molecule has 2 aromatic carbocycles. The monoisotopic (exact) mass is 276 g/mol. The molecule has 0 fully saturated rings. The van der Waals surface area contributed by atoms with Crippen LogP contribution in [0.5, 0.6) is 5.75 Å². The lowest BCUT2D eigenvalue weighted by Crippen LogP contribution is -2.01. The van der Waals surface area contributed by atoms with E-state index in [0.717, 1.165) is 11.6 Å². The largest absolute Gasteiger partial charge is 0.489 e. The number of ether oxygens (including phenoxy) is 1. The molecule has 0 bridgehead atoms. The SMILES string of the molecule is CC(=O)Cc1ccc(OCc2cccc(F)c2F)cc1. The van der Waals surface area contributed by atoms with Crippen molar-refractivity contribution in [2.24, 2.45) is 0 Å². The van der Waals surface area contributed by atoms with E-state index in [9.17, 15) is 13.6 Å². The van der Waals surface area contributed by atoms with Crippen molar-refractivity contribution in [3.8, 4) is 5.75 Å². The fraction of sp³-hybridized carbons (Fsp3) is 0.188. The fourth-order valence-corrected chi connectivity index (χ4v) is 1.81. The lowest BCUT2D eigenvalue weighted by molar-refractivity contribution is -0.116. The molecule has 0 atom stereocenters. The van der Waals surface area contributed by atoms with E-state index in [-0.39, 0.29) is 18.0 Å². The maximum Gasteiger partial charge on any atom is 0.165 e. The molecule has 0 aliphatic heterocycles. The van der Waals surface area contributed by atoms with Crippen molar-refractivity contribution in [2.75, 3.05) is 0 Å². The molecule has 0 saturated carbocycles. The first-order chi connectivity index (χ1) is 9.56. The summed E-state index contributed by atoms with van der Waals surface area (Å²) in [5.74, 6) is -1.15. The highest BCUT2D eigenvalue weighted by atomic mass is 19.2. The normalized spacial score (nSPS) is 10.3. The lowest BCUT2D eigenvalue weighted by Gasteiger charge is -2.08. The van der Waals surface area contributed by atoms with Crippen molar-refractivity contribution < 1.29 is 18.3 Å². The molecule has 0 aliphatic carbocycles. The van der Waals surface area contributed by atoms with Gasteiger partial charge in [0.2, 0.25) is 0 Å². The van der Waals surface area contributed by atoms with E-state index >= 15 is 0 Å². The van der Waals surface area contributed by atoms with Gasteiger partial charge >= 0.3 is 0 Å². The van der Waals surface area contributed by atoms with Gasteiger partial charge in [0.25, 0.3) is 0 Å². The Morgan fingerprint density at radius 1 is 1.10 bits per heavy atom. The summed E-state index contributed by atoms with van der Waals surface area (Å²) in [6.07, 6.45) is 0.374. The number of halogens is 2. The van der Waals surface area contributed by atoms with Gasteiger partial charge in [0.05, 0.1) is 0 Å². The Bertz CT molecular complexity index is 606. The van der Waals surface area contributed by atoms with Crippen LogP contribution in [0.3, 0.4) is 0 Å². The minimum Gasteiger partial charge on any atom is -0.489 e. The molecular weight excluding hydrogens is 262 g/mol. The average molecular weight is 276 g/mol. The van der Waals surface area contributed by atoms with Gasteiger partial charge in [0, 0.05) is 12.0 Å². The van der Waals surface area contributed by atoms with Gasteiger partial charge in [-0.1, -0.05) is 24.3 Å². The summed E-state index contributed by atoms with van der Waals surface area (Å²) in [5, 5.41) is 0. The van der Waals surface area contributed by atoms with Gasteiger partial charge in [-0.25, -0.2) is 8.78 Å². The molecule has 0 N–H and O–H groups in total. The van der Waals surface area contributed by atoms with Crippen LogP contribution < -0.4 is 4.74 Å².